The molecule has 96 valence electrons. The molecule has 2 unspecified atom stereocenters. The molecular formula is C14H29NO. The maximum Gasteiger partial charge on any atom is 0.0547 e. The zero-order valence-corrected chi connectivity index (χ0v) is 11.3. The van der Waals surface area contributed by atoms with E-state index in [0.29, 0.717) is 6.10 Å². The third-order valence-corrected chi connectivity index (χ3v) is 3.24. The fourth-order valence-corrected chi connectivity index (χ4v) is 1.97. The van der Waals surface area contributed by atoms with Crippen LogP contribution in [-0.2, 0) is 4.74 Å². The molecule has 0 spiro atoms. The van der Waals surface area contributed by atoms with Crippen LogP contribution < -0.4 is 5.32 Å². The van der Waals surface area contributed by atoms with Gasteiger partial charge in [-0.15, -0.1) is 0 Å². The molecule has 0 aromatic carbocycles. The number of hydrogen-bond acceptors (Lipinski definition) is 2. The standard InChI is InChI=1S/C14H29NO/c1-4-6-12(2)11-16-13(3)7-5-10-15-14-8-9-14/h12-15H,4-11H2,1-3H3. The largest absolute Gasteiger partial charge is 0.378 e. The van der Waals surface area contributed by atoms with Crippen LogP contribution in [0.15, 0.2) is 0 Å². The van der Waals surface area contributed by atoms with Crippen molar-refractivity contribution in [2.45, 2.75) is 71.4 Å². The Balaban J connectivity index is 1.86. The van der Waals surface area contributed by atoms with E-state index in [-0.39, 0.29) is 0 Å². The Hall–Kier alpha value is -0.0800. The number of hydrogen-bond donors (Lipinski definition) is 1. The Labute approximate surface area is 101 Å². The molecular weight excluding hydrogens is 198 g/mol. The second-order valence-corrected chi connectivity index (χ2v) is 5.41. The normalized spacial score (nSPS) is 19.7. The predicted octanol–water partition coefficient (Wildman–Crippen LogP) is 3.36. The highest BCUT2D eigenvalue weighted by molar-refractivity contribution is 4.80. The summed E-state index contributed by atoms with van der Waals surface area (Å²) in [6, 6.07) is 0.848. The maximum atomic E-state index is 5.85. The van der Waals surface area contributed by atoms with E-state index in [1.165, 1.54) is 45.1 Å². The Morgan fingerprint density at radius 2 is 2.00 bits per heavy atom. The summed E-state index contributed by atoms with van der Waals surface area (Å²) in [6.07, 6.45) is 8.21. The molecule has 1 fully saturated rings. The summed E-state index contributed by atoms with van der Waals surface area (Å²) >= 11 is 0. The third-order valence-electron chi connectivity index (χ3n) is 3.24. The first-order valence-electron chi connectivity index (χ1n) is 7.07. The van der Waals surface area contributed by atoms with Crippen LogP contribution in [0.1, 0.15) is 59.3 Å². The summed E-state index contributed by atoms with van der Waals surface area (Å²) < 4.78 is 5.85. The Morgan fingerprint density at radius 1 is 1.25 bits per heavy atom. The highest BCUT2D eigenvalue weighted by Crippen LogP contribution is 2.18. The minimum Gasteiger partial charge on any atom is -0.378 e. The maximum absolute atomic E-state index is 5.85. The minimum atomic E-state index is 0.431. The first kappa shape index (κ1) is 14.0. The molecule has 1 aliphatic rings. The SMILES string of the molecule is CCCC(C)COC(C)CCCNC1CC1. The number of rotatable bonds is 10. The number of ether oxygens (including phenoxy) is 1. The Kier molecular flexibility index (Phi) is 7.06. The van der Waals surface area contributed by atoms with Crippen LogP contribution in [0.4, 0.5) is 0 Å². The molecule has 1 saturated carbocycles. The summed E-state index contributed by atoms with van der Waals surface area (Å²) in [5.41, 5.74) is 0. The fraction of sp³-hybridized carbons (Fsp3) is 1.00. The fourth-order valence-electron chi connectivity index (χ4n) is 1.97. The van der Waals surface area contributed by atoms with Gasteiger partial charge in [-0.25, -0.2) is 0 Å². The van der Waals surface area contributed by atoms with E-state index in [9.17, 15) is 0 Å². The Morgan fingerprint density at radius 3 is 2.62 bits per heavy atom. The topological polar surface area (TPSA) is 21.3 Å². The molecule has 2 nitrogen and oxygen atoms in total. The van der Waals surface area contributed by atoms with E-state index in [1.54, 1.807) is 0 Å². The van der Waals surface area contributed by atoms with Gasteiger partial charge in [0.15, 0.2) is 0 Å². The second-order valence-electron chi connectivity index (χ2n) is 5.41. The molecule has 16 heavy (non-hydrogen) atoms. The van der Waals surface area contributed by atoms with E-state index in [0.717, 1.165) is 18.6 Å². The lowest BCUT2D eigenvalue weighted by atomic mass is 10.1. The monoisotopic (exact) mass is 227 g/mol. The summed E-state index contributed by atoms with van der Waals surface area (Å²) in [6.45, 7) is 8.83. The molecule has 0 aromatic heterocycles. The molecule has 0 aliphatic heterocycles. The molecule has 1 rings (SSSR count). The molecule has 0 bridgehead atoms. The summed E-state index contributed by atoms with van der Waals surface area (Å²) in [7, 11) is 0. The van der Waals surface area contributed by atoms with Crippen molar-refractivity contribution in [2.75, 3.05) is 13.2 Å². The molecule has 0 saturated heterocycles. The van der Waals surface area contributed by atoms with Gasteiger partial charge in [-0.05, 0) is 51.5 Å². The molecule has 0 aromatic rings. The molecule has 0 radical (unpaired) electrons. The van der Waals surface area contributed by atoms with Gasteiger partial charge >= 0.3 is 0 Å². The minimum absolute atomic E-state index is 0.431. The van der Waals surface area contributed by atoms with E-state index in [1.807, 2.05) is 0 Å². The van der Waals surface area contributed by atoms with Crippen molar-refractivity contribution in [2.24, 2.45) is 5.92 Å². The van der Waals surface area contributed by atoms with Crippen molar-refractivity contribution in [3.8, 4) is 0 Å². The van der Waals surface area contributed by atoms with E-state index < -0.39 is 0 Å². The van der Waals surface area contributed by atoms with E-state index in [2.05, 4.69) is 26.1 Å². The highest BCUT2D eigenvalue weighted by Gasteiger charge is 2.19. The zero-order chi connectivity index (χ0) is 11.8. The second kappa shape index (κ2) is 8.08. The van der Waals surface area contributed by atoms with Gasteiger partial charge in [0.25, 0.3) is 0 Å². The van der Waals surface area contributed by atoms with Gasteiger partial charge in [0.2, 0.25) is 0 Å². The van der Waals surface area contributed by atoms with Gasteiger partial charge in [0, 0.05) is 12.6 Å². The molecule has 2 atom stereocenters. The molecule has 1 aliphatic carbocycles. The third kappa shape index (κ3) is 7.24. The summed E-state index contributed by atoms with van der Waals surface area (Å²) in [5.74, 6) is 0.719. The lowest BCUT2D eigenvalue weighted by Crippen LogP contribution is -2.20. The summed E-state index contributed by atoms with van der Waals surface area (Å²) in [4.78, 5) is 0. The van der Waals surface area contributed by atoms with Gasteiger partial charge in [-0.3, -0.25) is 0 Å². The quantitative estimate of drug-likeness (QED) is 0.578. The van der Waals surface area contributed by atoms with Crippen LogP contribution in [0.25, 0.3) is 0 Å². The van der Waals surface area contributed by atoms with Crippen molar-refractivity contribution in [1.82, 2.24) is 5.32 Å². The average Bonchev–Trinajstić information content (AvgIpc) is 3.06. The highest BCUT2D eigenvalue weighted by atomic mass is 16.5. The van der Waals surface area contributed by atoms with Crippen LogP contribution in [0.2, 0.25) is 0 Å². The molecule has 0 amide bonds. The summed E-state index contributed by atoms with van der Waals surface area (Å²) in [5, 5.41) is 3.54. The van der Waals surface area contributed by atoms with Crippen molar-refractivity contribution in [3.05, 3.63) is 0 Å². The molecule has 0 heterocycles. The van der Waals surface area contributed by atoms with Crippen LogP contribution in [-0.4, -0.2) is 25.3 Å². The van der Waals surface area contributed by atoms with Crippen LogP contribution in [0, 0.1) is 5.92 Å². The van der Waals surface area contributed by atoms with Crippen molar-refractivity contribution >= 4 is 0 Å². The average molecular weight is 227 g/mol. The van der Waals surface area contributed by atoms with Crippen LogP contribution in [0.5, 0.6) is 0 Å². The van der Waals surface area contributed by atoms with Crippen molar-refractivity contribution < 1.29 is 4.74 Å². The zero-order valence-electron chi connectivity index (χ0n) is 11.3. The first-order valence-corrected chi connectivity index (χ1v) is 7.07. The van der Waals surface area contributed by atoms with Crippen molar-refractivity contribution in [1.29, 1.82) is 0 Å². The van der Waals surface area contributed by atoms with Crippen molar-refractivity contribution in [3.63, 3.8) is 0 Å². The first-order chi connectivity index (χ1) is 7.72. The number of nitrogens with one attached hydrogen (secondary N) is 1. The molecule has 2 heteroatoms. The predicted molar refractivity (Wildman–Crippen MR) is 69.7 cm³/mol. The Bertz CT molecular complexity index is 168. The van der Waals surface area contributed by atoms with Crippen LogP contribution >= 0.6 is 0 Å². The van der Waals surface area contributed by atoms with Gasteiger partial charge in [-0.1, -0.05) is 20.3 Å². The van der Waals surface area contributed by atoms with Gasteiger partial charge < -0.3 is 10.1 Å². The lowest BCUT2D eigenvalue weighted by molar-refractivity contribution is 0.0360. The van der Waals surface area contributed by atoms with Crippen LogP contribution in [0.3, 0.4) is 0 Å². The van der Waals surface area contributed by atoms with E-state index >= 15 is 0 Å². The van der Waals surface area contributed by atoms with Gasteiger partial charge in [0.1, 0.15) is 0 Å². The molecule has 1 N–H and O–H groups in total. The van der Waals surface area contributed by atoms with Gasteiger partial charge in [0.05, 0.1) is 6.10 Å². The smallest absolute Gasteiger partial charge is 0.0547 e. The van der Waals surface area contributed by atoms with E-state index in [4.69, 9.17) is 4.74 Å². The lowest BCUT2D eigenvalue weighted by Gasteiger charge is -2.16. The van der Waals surface area contributed by atoms with Gasteiger partial charge in [-0.2, -0.15) is 0 Å².